The third kappa shape index (κ3) is 5.25. The predicted octanol–water partition coefficient (Wildman–Crippen LogP) is 1.33. The fraction of sp³-hybridized carbons (Fsp3) is 0.556. The lowest BCUT2D eigenvalue weighted by molar-refractivity contribution is -0.133. The van der Waals surface area contributed by atoms with Crippen LogP contribution >= 0.6 is 23.2 Å². The van der Waals surface area contributed by atoms with Crippen LogP contribution in [-0.2, 0) is 4.79 Å². The van der Waals surface area contributed by atoms with E-state index in [1.807, 2.05) is 4.90 Å². The van der Waals surface area contributed by atoms with Gasteiger partial charge in [0.2, 0.25) is 5.91 Å². The third-order valence-electron chi connectivity index (χ3n) is 5.02. The summed E-state index contributed by atoms with van der Waals surface area (Å²) in [6.07, 6.45) is 1.35. The zero-order valence-electron chi connectivity index (χ0n) is 15.0. The average molecular weight is 415 g/mol. The Balaban J connectivity index is 1.49. The van der Waals surface area contributed by atoms with Crippen LogP contribution in [0.1, 0.15) is 23.2 Å². The van der Waals surface area contributed by atoms with Gasteiger partial charge in [-0.15, -0.1) is 0 Å². The number of hydrogen-bond donors (Lipinski definition) is 3. The van der Waals surface area contributed by atoms with Crippen molar-refractivity contribution >= 4 is 35.0 Å². The molecule has 1 aromatic carbocycles. The number of piperazine rings is 1. The van der Waals surface area contributed by atoms with E-state index in [9.17, 15) is 14.7 Å². The number of halogens is 2. The quantitative estimate of drug-likeness (QED) is 0.691. The van der Waals surface area contributed by atoms with Gasteiger partial charge < -0.3 is 20.6 Å². The van der Waals surface area contributed by atoms with E-state index in [2.05, 4.69) is 15.5 Å². The van der Waals surface area contributed by atoms with Crippen molar-refractivity contribution in [3.63, 3.8) is 0 Å². The summed E-state index contributed by atoms with van der Waals surface area (Å²) in [5.41, 5.74) is 0.0599. The van der Waals surface area contributed by atoms with Gasteiger partial charge in [0, 0.05) is 50.3 Å². The molecule has 2 saturated heterocycles. The molecule has 0 radical (unpaired) electrons. The maximum absolute atomic E-state index is 12.5. The molecular formula is C18H24Cl2N4O3. The Morgan fingerprint density at radius 1 is 1.15 bits per heavy atom. The van der Waals surface area contributed by atoms with Gasteiger partial charge in [0.1, 0.15) is 5.75 Å². The summed E-state index contributed by atoms with van der Waals surface area (Å²) >= 11 is 11.8. The molecule has 2 aliphatic heterocycles. The molecule has 0 spiro atoms. The molecule has 0 aliphatic carbocycles. The largest absolute Gasteiger partial charge is 0.506 e. The van der Waals surface area contributed by atoms with Gasteiger partial charge in [0.05, 0.1) is 17.1 Å². The van der Waals surface area contributed by atoms with Crippen LogP contribution in [0.3, 0.4) is 0 Å². The zero-order chi connectivity index (χ0) is 19.4. The number of nitrogens with one attached hydrogen (secondary N) is 2. The van der Waals surface area contributed by atoms with Crippen molar-refractivity contribution in [2.45, 2.75) is 18.9 Å². The number of amides is 2. The fourth-order valence-electron chi connectivity index (χ4n) is 3.44. The smallest absolute Gasteiger partial charge is 0.255 e. The predicted molar refractivity (Wildman–Crippen MR) is 105 cm³/mol. The molecule has 2 aliphatic rings. The molecule has 0 unspecified atom stereocenters. The number of rotatable bonds is 4. The number of piperidine rings is 1. The van der Waals surface area contributed by atoms with Crippen molar-refractivity contribution in [2.75, 3.05) is 45.8 Å². The Bertz CT molecular complexity index is 702. The number of carbonyl (C=O) groups excluding carboxylic acids is 2. The van der Waals surface area contributed by atoms with E-state index < -0.39 is 5.91 Å². The summed E-state index contributed by atoms with van der Waals surface area (Å²) in [4.78, 5) is 28.9. The Labute approximate surface area is 168 Å². The van der Waals surface area contributed by atoms with E-state index in [1.165, 1.54) is 12.1 Å². The van der Waals surface area contributed by atoms with E-state index in [0.29, 0.717) is 32.5 Å². The highest BCUT2D eigenvalue weighted by Crippen LogP contribution is 2.31. The molecule has 0 aromatic heterocycles. The molecule has 1 aromatic rings. The summed E-state index contributed by atoms with van der Waals surface area (Å²) < 4.78 is 0. The zero-order valence-corrected chi connectivity index (χ0v) is 16.5. The Morgan fingerprint density at radius 3 is 2.48 bits per heavy atom. The lowest BCUT2D eigenvalue weighted by Crippen LogP contribution is -2.51. The summed E-state index contributed by atoms with van der Waals surface area (Å²) in [6, 6.07) is 2.72. The van der Waals surface area contributed by atoms with Crippen molar-refractivity contribution in [2.24, 2.45) is 0 Å². The van der Waals surface area contributed by atoms with Crippen LogP contribution in [0.15, 0.2) is 12.1 Å². The van der Waals surface area contributed by atoms with E-state index in [4.69, 9.17) is 23.2 Å². The summed E-state index contributed by atoms with van der Waals surface area (Å²) in [5.74, 6) is -0.550. The van der Waals surface area contributed by atoms with Gasteiger partial charge in [-0.3, -0.25) is 14.5 Å². The third-order valence-corrected chi connectivity index (χ3v) is 5.53. The lowest BCUT2D eigenvalue weighted by atomic mass is 10.0. The van der Waals surface area contributed by atoms with E-state index in [-0.39, 0.29) is 33.3 Å². The molecule has 0 atom stereocenters. The SMILES string of the molecule is O=C(NC1CCN(C(=O)CN2CCNCC2)CC1)c1cc(Cl)cc(Cl)c1O. The van der Waals surface area contributed by atoms with Crippen molar-refractivity contribution in [3.05, 3.63) is 27.7 Å². The van der Waals surface area contributed by atoms with Gasteiger partial charge >= 0.3 is 0 Å². The maximum Gasteiger partial charge on any atom is 0.255 e. The van der Waals surface area contributed by atoms with Crippen LogP contribution in [0.4, 0.5) is 0 Å². The number of likely N-dealkylation sites (tertiary alicyclic amines) is 1. The van der Waals surface area contributed by atoms with E-state index in [0.717, 1.165) is 26.2 Å². The van der Waals surface area contributed by atoms with Gasteiger partial charge in [-0.1, -0.05) is 23.2 Å². The molecule has 7 nitrogen and oxygen atoms in total. The number of aromatic hydroxyl groups is 1. The normalized spacial score (nSPS) is 19.1. The van der Waals surface area contributed by atoms with Gasteiger partial charge in [-0.2, -0.15) is 0 Å². The second kappa shape index (κ2) is 9.10. The first kappa shape index (κ1) is 20.2. The molecular weight excluding hydrogens is 391 g/mol. The molecule has 9 heteroatoms. The Hall–Kier alpha value is -1.54. The molecule has 2 fully saturated rings. The van der Waals surface area contributed by atoms with E-state index >= 15 is 0 Å². The first-order valence-electron chi connectivity index (χ1n) is 9.14. The minimum Gasteiger partial charge on any atom is -0.506 e. The number of hydrogen-bond acceptors (Lipinski definition) is 5. The molecule has 2 heterocycles. The average Bonchev–Trinajstić information content (AvgIpc) is 2.66. The highest BCUT2D eigenvalue weighted by Gasteiger charge is 2.26. The van der Waals surface area contributed by atoms with Gasteiger partial charge in [0.25, 0.3) is 5.91 Å². The number of nitrogens with zero attached hydrogens (tertiary/aromatic N) is 2. The standard InChI is InChI=1S/C18H24Cl2N4O3/c19-12-9-14(17(26)15(20)10-12)18(27)22-13-1-5-24(6-2-13)16(25)11-23-7-3-21-4-8-23/h9-10,13,21,26H,1-8,11H2,(H,22,27). The summed E-state index contributed by atoms with van der Waals surface area (Å²) in [6.45, 7) is 5.29. The number of phenolic OH excluding ortho intramolecular Hbond substituents is 1. The molecule has 3 N–H and O–H groups in total. The second-order valence-corrected chi connectivity index (χ2v) is 7.78. The number of phenols is 1. The lowest BCUT2D eigenvalue weighted by Gasteiger charge is -2.34. The highest BCUT2D eigenvalue weighted by atomic mass is 35.5. The van der Waals surface area contributed by atoms with Crippen LogP contribution in [0, 0.1) is 0 Å². The first-order chi connectivity index (χ1) is 12.9. The molecule has 2 amide bonds. The minimum absolute atomic E-state index is 0.0426. The van der Waals surface area contributed by atoms with Crippen LogP contribution in [-0.4, -0.2) is 78.6 Å². The molecule has 0 bridgehead atoms. The fourth-order valence-corrected chi connectivity index (χ4v) is 3.93. The van der Waals surface area contributed by atoms with Crippen LogP contribution in [0.2, 0.25) is 10.0 Å². The van der Waals surface area contributed by atoms with Gasteiger partial charge in [-0.25, -0.2) is 0 Å². The minimum atomic E-state index is -0.414. The van der Waals surface area contributed by atoms with Crippen molar-refractivity contribution in [1.29, 1.82) is 0 Å². The van der Waals surface area contributed by atoms with Crippen molar-refractivity contribution in [3.8, 4) is 5.75 Å². The molecule has 3 rings (SSSR count). The van der Waals surface area contributed by atoms with Gasteiger partial charge in [-0.05, 0) is 25.0 Å². The topological polar surface area (TPSA) is 84.9 Å². The van der Waals surface area contributed by atoms with Crippen molar-refractivity contribution < 1.29 is 14.7 Å². The van der Waals surface area contributed by atoms with Crippen LogP contribution in [0.5, 0.6) is 5.75 Å². The van der Waals surface area contributed by atoms with Crippen molar-refractivity contribution in [1.82, 2.24) is 20.4 Å². The Kier molecular flexibility index (Phi) is 6.81. The molecule has 27 heavy (non-hydrogen) atoms. The van der Waals surface area contributed by atoms with Crippen LogP contribution < -0.4 is 10.6 Å². The maximum atomic E-state index is 12.5. The summed E-state index contributed by atoms with van der Waals surface area (Å²) in [7, 11) is 0. The van der Waals surface area contributed by atoms with Crippen LogP contribution in [0.25, 0.3) is 0 Å². The van der Waals surface area contributed by atoms with E-state index in [1.54, 1.807) is 0 Å². The Morgan fingerprint density at radius 2 is 1.81 bits per heavy atom. The molecule has 0 saturated carbocycles. The number of carbonyl (C=O) groups is 2. The highest BCUT2D eigenvalue weighted by molar-refractivity contribution is 6.36. The first-order valence-corrected chi connectivity index (χ1v) is 9.89. The second-order valence-electron chi connectivity index (χ2n) is 6.94. The number of benzene rings is 1. The van der Waals surface area contributed by atoms with Gasteiger partial charge in [0.15, 0.2) is 0 Å². The summed E-state index contributed by atoms with van der Waals surface area (Å²) in [5, 5.41) is 16.5. The monoisotopic (exact) mass is 414 g/mol. The molecule has 148 valence electrons.